The van der Waals surface area contributed by atoms with Crippen LogP contribution in [-0.4, -0.2) is 72.2 Å². The molecule has 4 N–H and O–H groups in total. The topological polar surface area (TPSA) is 149 Å². The van der Waals surface area contributed by atoms with Gasteiger partial charge in [-0.25, -0.2) is 20.0 Å². The molecular weight excluding hydrogens is 332 g/mol. The second-order valence-corrected chi connectivity index (χ2v) is 6.12. The van der Waals surface area contributed by atoms with Crippen LogP contribution in [0.2, 0.25) is 0 Å². The molecule has 11 heteroatoms. The molecule has 25 heavy (non-hydrogen) atoms. The van der Waals surface area contributed by atoms with Crippen LogP contribution in [0.4, 0.5) is 5.82 Å². The first-order valence-electron chi connectivity index (χ1n) is 7.91. The summed E-state index contributed by atoms with van der Waals surface area (Å²) < 4.78 is 7.21. The Kier molecular flexibility index (Phi) is 4.00. The molecule has 1 saturated heterocycles. The molecule has 11 nitrogen and oxygen atoms in total. The van der Waals surface area contributed by atoms with Crippen molar-refractivity contribution in [2.24, 2.45) is 0 Å². The second kappa shape index (κ2) is 6.19. The number of aliphatic hydroxyl groups is 2. The molecule has 0 radical (unpaired) electrons. The summed E-state index contributed by atoms with van der Waals surface area (Å²) >= 11 is 0. The summed E-state index contributed by atoms with van der Waals surface area (Å²) in [4.78, 5) is 28.4. The number of nitrogens with two attached hydrogens (primary N) is 1. The number of hydrogen-bond acceptors (Lipinski definition) is 9. The number of aliphatic hydroxyl groups excluding tert-OH is 2. The number of fused-ring (bicyclic) bond motifs is 1. The standard InChI is InChI=1S/C14H18N6O5/c15-12-9-13(17-4-16-12)19(5-18-9)14-11(23)10(22)8(25-14)3-24-20(6-21)7-1-2-7/h4-8,10-11,14,22-23H,1-3H2,(H2,15,16,17)/t8-,10-,11-,14-/m1/s1. The number of nitrogen functional groups attached to an aromatic ring is 1. The lowest BCUT2D eigenvalue weighted by Gasteiger charge is -2.20. The van der Waals surface area contributed by atoms with E-state index in [9.17, 15) is 15.0 Å². The molecule has 1 amide bonds. The van der Waals surface area contributed by atoms with Crippen LogP contribution in [0.15, 0.2) is 12.7 Å². The number of carbonyl (C=O) groups is 1. The normalized spacial score (nSPS) is 29.2. The number of hydroxylamine groups is 2. The van der Waals surface area contributed by atoms with Crippen molar-refractivity contribution in [2.45, 2.75) is 43.4 Å². The minimum atomic E-state index is -1.22. The highest BCUT2D eigenvalue weighted by Crippen LogP contribution is 2.33. The summed E-state index contributed by atoms with van der Waals surface area (Å²) in [6.45, 7) is -0.0618. The monoisotopic (exact) mass is 350 g/mol. The van der Waals surface area contributed by atoms with Gasteiger partial charge in [0, 0.05) is 0 Å². The summed E-state index contributed by atoms with van der Waals surface area (Å²) in [5.74, 6) is 0.211. The Morgan fingerprint density at radius 2 is 2.16 bits per heavy atom. The largest absolute Gasteiger partial charge is 0.387 e. The Balaban J connectivity index is 1.51. The number of nitrogens with zero attached hydrogens (tertiary/aromatic N) is 5. The van der Waals surface area contributed by atoms with E-state index in [1.54, 1.807) is 0 Å². The predicted octanol–water partition coefficient (Wildman–Crippen LogP) is -1.42. The number of rotatable bonds is 6. The predicted molar refractivity (Wildman–Crippen MR) is 82.5 cm³/mol. The first-order valence-corrected chi connectivity index (χ1v) is 7.91. The van der Waals surface area contributed by atoms with Gasteiger partial charge in [0.1, 0.15) is 36.8 Å². The lowest BCUT2D eigenvalue weighted by molar-refractivity contribution is -0.194. The fourth-order valence-electron chi connectivity index (χ4n) is 2.86. The van der Waals surface area contributed by atoms with Crippen molar-refractivity contribution in [1.29, 1.82) is 0 Å². The van der Waals surface area contributed by atoms with Gasteiger partial charge in [0.05, 0.1) is 12.4 Å². The molecule has 4 atom stereocenters. The van der Waals surface area contributed by atoms with E-state index in [2.05, 4.69) is 15.0 Å². The molecule has 2 aromatic heterocycles. The number of aromatic nitrogens is 4. The Labute approximate surface area is 141 Å². The van der Waals surface area contributed by atoms with Gasteiger partial charge < -0.3 is 20.7 Å². The highest BCUT2D eigenvalue weighted by molar-refractivity contribution is 5.81. The number of imidazole rings is 1. The number of ether oxygens (including phenoxy) is 1. The first-order chi connectivity index (χ1) is 12.1. The van der Waals surface area contributed by atoms with Gasteiger partial charge in [0.25, 0.3) is 0 Å². The highest BCUT2D eigenvalue weighted by atomic mass is 16.7. The van der Waals surface area contributed by atoms with Gasteiger partial charge in [0.15, 0.2) is 17.7 Å². The molecule has 0 aromatic carbocycles. The Bertz CT molecular complexity index is 780. The van der Waals surface area contributed by atoms with Gasteiger partial charge in [-0.15, -0.1) is 0 Å². The van der Waals surface area contributed by atoms with E-state index in [4.69, 9.17) is 15.3 Å². The van der Waals surface area contributed by atoms with Crippen molar-refractivity contribution in [3.05, 3.63) is 12.7 Å². The smallest absolute Gasteiger partial charge is 0.233 e. The Hall–Kier alpha value is -2.34. The quantitative estimate of drug-likeness (QED) is 0.421. The zero-order valence-electron chi connectivity index (χ0n) is 13.2. The molecule has 4 rings (SSSR count). The van der Waals surface area contributed by atoms with E-state index in [0.29, 0.717) is 17.6 Å². The van der Waals surface area contributed by atoms with E-state index in [-0.39, 0.29) is 18.5 Å². The SMILES string of the molecule is Nc1ncnc2c1ncn2[C@@H]1O[C@H](CON(C=O)C2CC2)[C@@H](O)[C@H]1O. The van der Waals surface area contributed by atoms with E-state index in [1.807, 2.05) is 0 Å². The van der Waals surface area contributed by atoms with E-state index in [1.165, 1.54) is 22.3 Å². The summed E-state index contributed by atoms with van der Waals surface area (Å²) in [6.07, 6.45) is 0.970. The first kappa shape index (κ1) is 16.1. The lowest BCUT2D eigenvalue weighted by atomic mass is 10.1. The lowest BCUT2D eigenvalue weighted by Crippen LogP contribution is -2.36. The molecular formula is C14H18N6O5. The van der Waals surface area contributed by atoms with Crippen LogP contribution in [0.25, 0.3) is 11.2 Å². The van der Waals surface area contributed by atoms with Crippen molar-refractivity contribution >= 4 is 23.4 Å². The molecule has 1 saturated carbocycles. The molecule has 0 spiro atoms. The van der Waals surface area contributed by atoms with E-state index < -0.39 is 24.5 Å². The highest BCUT2D eigenvalue weighted by Gasteiger charge is 2.45. The molecule has 2 aromatic rings. The van der Waals surface area contributed by atoms with Gasteiger partial charge in [-0.1, -0.05) is 0 Å². The summed E-state index contributed by atoms with van der Waals surface area (Å²) in [6, 6.07) is 0.0778. The van der Waals surface area contributed by atoms with Gasteiger partial charge in [-0.3, -0.25) is 14.2 Å². The van der Waals surface area contributed by atoms with Crippen LogP contribution in [0.5, 0.6) is 0 Å². The fraction of sp³-hybridized carbons (Fsp3) is 0.571. The van der Waals surface area contributed by atoms with Crippen LogP contribution < -0.4 is 5.73 Å². The van der Waals surface area contributed by atoms with Crippen LogP contribution >= 0.6 is 0 Å². The molecule has 2 aliphatic rings. The third-order valence-corrected chi connectivity index (χ3v) is 4.40. The average molecular weight is 350 g/mol. The van der Waals surface area contributed by atoms with E-state index in [0.717, 1.165) is 12.8 Å². The second-order valence-electron chi connectivity index (χ2n) is 6.12. The zero-order chi connectivity index (χ0) is 17.6. The number of hydrogen-bond donors (Lipinski definition) is 3. The minimum Gasteiger partial charge on any atom is -0.387 e. The van der Waals surface area contributed by atoms with Crippen LogP contribution in [0.1, 0.15) is 19.1 Å². The Morgan fingerprint density at radius 3 is 2.88 bits per heavy atom. The van der Waals surface area contributed by atoms with Gasteiger partial charge in [0.2, 0.25) is 6.41 Å². The van der Waals surface area contributed by atoms with E-state index >= 15 is 0 Å². The van der Waals surface area contributed by atoms with Crippen LogP contribution in [0.3, 0.4) is 0 Å². The Morgan fingerprint density at radius 1 is 1.36 bits per heavy atom. The summed E-state index contributed by atoms with van der Waals surface area (Å²) in [5, 5.41) is 21.8. The summed E-state index contributed by atoms with van der Waals surface area (Å²) in [7, 11) is 0. The molecule has 0 unspecified atom stereocenters. The number of amides is 1. The minimum absolute atomic E-state index is 0.0618. The van der Waals surface area contributed by atoms with Crippen LogP contribution in [0, 0.1) is 0 Å². The average Bonchev–Trinajstić information content (AvgIpc) is 3.30. The third kappa shape index (κ3) is 2.80. The van der Waals surface area contributed by atoms with Crippen molar-refractivity contribution in [1.82, 2.24) is 24.6 Å². The third-order valence-electron chi connectivity index (χ3n) is 4.40. The van der Waals surface area contributed by atoms with Gasteiger partial charge in [-0.2, -0.15) is 0 Å². The van der Waals surface area contributed by atoms with Crippen molar-refractivity contribution in [3.8, 4) is 0 Å². The van der Waals surface area contributed by atoms with Crippen molar-refractivity contribution < 1.29 is 24.6 Å². The maximum absolute atomic E-state index is 11.0. The molecule has 3 heterocycles. The molecule has 1 aliphatic carbocycles. The van der Waals surface area contributed by atoms with Crippen molar-refractivity contribution in [3.63, 3.8) is 0 Å². The maximum atomic E-state index is 11.0. The molecule has 134 valence electrons. The fourth-order valence-corrected chi connectivity index (χ4v) is 2.86. The number of anilines is 1. The maximum Gasteiger partial charge on any atom is 0.233 e. The molecule has 2 fully saturated rings. The van der Waals surface area contributed by atoms with Crippen molar-refractivity contribution in [2.75, 3.05) is 12.3 Å². The molecule has 1 aliphatic heterocycles. The van der Waals surface area contributed by atoms with Gasteiger partial charge in [-0.05, 0) is 12.8 Å². The molecule has 0 bridgehead atoms. The summed E-state index contributed by atoms with van der Waals surface area (Å²) in [5.41, 5.74) is 6.52. The van der Waals surface area contributed by atoms with Gasteiger partial charge >= 0.3 is 0 Å². The number of carbonyl (C=O) groups excluding carboxylic acids is 1. The zero-order valence-corrected chi connectivity index (χ0v) is 13.2. The van der Waals surface area contributed by atoms with Crippen LogP contribution in [-0.2, 0) is 14.4 Å².